The molecule has 0 aliphatic heterocycles. The monoisotopic (exact) mass is 324 g/mol. The van der Waals surface area contributed by atoms with Gasteiger partial charge in [-0.05, 0) is 61.1 Å². The number of fused-ring (bicyclic) bond motifs is 1. The van der Waals surface area contributed by atoms with Crippen LogP contribution in [0.1, 0.15) is 66.7 Å². The largest absolute Gasteiger partial charge is 0.414 e. The maximum absolute atomic E-state index is 11.3. The van der Waals surface area contributed by atoms with Crippen LogP contribution in [0.15, 0.2) is 0 Å². The molecular weight excluding hydrogens is 288 g/mol. The molecule has 0 N–H and O–H groups in total. The summed E-state index contributed by atoms with van der Waals surface area (Å²) in [4.78, 5) is 11.3. The summed E-state index contributed by atoms with van der Waals surface area (Å²) < 4.78 is 6.92. The van der Waals surface area contributed by atoms with Crippen molar-refractivity contribution in [3.63, 3.8) is 0 Å². The molecule has 2 fully saturated rings. The fourth-order valence-corrected chi connectivity index (χ4v) is 8.51. The molecule has 2 nitrogen and oxygen atoms in total. The Hall–Kier alpha value is -0.153. The third-order valence-corrected chi connectivity index (χ3v) is 12.0. The highest BCUT2D eigenvalue weighted by atomic mass is 28.4. The van der Waals surface area contributed by atoms with Crippen LogP contribution in [0.4, 0.5) is 0 Å². The molecule has 0 radical (unpaired) electrons. The second-order valence-electron chi connectivity index (χ2n) is 8.08. The number of carbonyl (C=O) groups is 1. The van der Waals surface area contributed by atoms with Crippen molar-refractivity contribution in [3.8, 4) is 0 Å². The van der Waals surface area contributed by atoms with Crippen molar-refractivity contribution in [2.24, 2.45) is 23.2 Å². The summed E-state index contributed by atoms with van der Waals surface area (Å²) in [5.41, 5.74) is 0.332. The van der Waals surface area contributed by atoms with E-state index in [2.05, 4.69) is 34.6 Å². The first-order valence-corrected chi connectivity index (χ1v) is 12.1. The minimum atomic E-state index is -1.52. The molecule has 0 bridgehead atoms. The molecule has 0 amide bonds. The molecule has 5 atom stereocenters. The molecule has 2 aliphatic carbocycles. The van der Waals surface area contributed by atoms with Gasteiger partial charge >= 0.3 is 0 Å². The Bertz CT molecular complexity index is 371. The number of rotatable bonds is 7. The summed E-state index contributed by atoms with van der Waals surface area (Å²) in [5, 5.41) is 0. The van der Waals surface area contributed by atoms with Crippen molar-refractivity contribution in [1.29, 1.82) is 0 Å². The van der Waals surface area contributed by atoms with Gasteiger partial charge < -0.3 is 9.22 Å². The molecule has 2 aliphatic rings. The van der Waals surface area contributed by atoms with Crippen molar-refractivity contribution in [2.75, 3.05) is 0 Å². The quantitative estimate of drug-likeness (QED) is 0.461. The highest BCUT2D eigenvalue weighted by Gasteiger charge is 2.53. The van der Waals surface area contributed by atoms with Gasteiger partial charge in [-0.25, -0.2) is 0 Å². The van der Waals surface area contributed by atoms with Gasteiger partial charge in [-0.2, -0.15) is 0 Å². The zero-order chi connectivity index (χ0) is 16.4. The van der Waals surface area contributed by atoms with Crippen LogP contribution in [-0.4, -0.2) is 20.7 Å². The molecule has 128 valence electrons. The summed E-state index contributed by atoms with van der Waals surface area (Å²) in [7, 11) is -1.52. The van der Waals surface area contributed by atoms with E-state index < -0.39 is 8.32 Å². The summed E-state index contributed by atoms with van der Waals surface area (Å²) in [6, 6.07) is 3.73. The van der Waals surface area contributed by atoms with Gasteiger partial charge in [0.15, 0.2) is 8.32 Å². The van der Waals surface area contributed by atoms with E-state index in [4.69, 9.17) is 4.43 Å². The van der Waals surface area contributed by atoms with Gasteiger partial charge in [0, 0.05) is 12.0 Å². The predicted octanol–water partition coefficient (Wildman–Crippen LogP) is 5.43. The zero-order valence-corrected chi connectivity index (χ0v) is 16.4. The van der Waals surface area contributed by atoms with Gasteiger partial charge in [0.05, 0.1) is 0 Å². The zero-order valence-electron chi connectivity index (χ0n) is 15.4. The summed E-state index contributed by atoms with van der Waals surface area (Å²) >= 11 is 0. The Morgan fingerprint density at radius 3 is 2.36 bits per heavy atom. The fourth-order valence-electron chi connectivity index (χ4n) is 5.58. The van der Waals surface area contributed by atoms with Gasteiger partial charge in [-0.15, -0.1) is 0 Å². The molecule has 0 heterocycles. The van der Waals surface area contributed by atoms with Crippen LogP contribution in [0.5, 0.6) is 0 Å². The molecule has 22 heavy (non-hydrogen) atoms. The molecule has 3 heteroatoms. The Balaban J connectivity index is 2.17. The lowest BCUT2D eigenvalue weighted by Crippen LogP contribution is -2.48. The molecule has 0 aromatic rings. The maximum atomic E-state index is 11.3. The van der Waals surface area contributed by atoms with Crippen LogP contribution in [0.3, 0.4) is 0 Å². The molecule has 3 unspecified atom stereocenters. The molecule has 2 rings (SSSR count). The number of hydrogen-bond donors (Lipinski definition) is 0. The Labute approximate surface area is 138 Å². The molecule has 0 aromatic heterocycles. The van der Waals surface area contributed by atoms with E-state index >= 15 is 0 Å². The van der Waals surface area contributed by atoms with E-state index in [0.29, 0.717) is 23.4 Å². The van der Waals surface area contributed by atoms with E-state index in [0.717, 1.165) is 0 Å². The molecule has 0 aromatic carbocycles. The highest BCUT2D eigenvalue weighted by Crippen LogP contribution is 2.58. The van der Waals surface area contributed by atoms with Crippen LogP contribution in [0.25, 0.3) is 0 Å². The molecule has 0 spiro atoms. The topological polar surface area (TPSA) is 26.3 Å². The van der Waals surface area contributed by atoms with Crippen molar-refractivity contribution >= 4 is 14.6 Å². The third kappa shape index (κ3) is 3.08. The SMILES string of the molecule is CC[Si](CC)(CC)OC1CCC[C@@]2(C)C1CCC2[C@H](C)C=O. The Kier molecular flexibility index (Phi) is 5.93. The smallest absolute Gasteiger partial charge is 0.192 e. The van der Waals surface area contributed by atoms with E-state index in [9.17, 15) is 4.79 Å². The first kappa shape index (κ1) is 18.2. The van der Waals surface area contributed by atoms with Gasteiger partial charge in [0.25, 0.3) is 0 Å². The van der Waals surface area contributed by atoms with E-state index in [1.54, 1.807) is 0 Å². The molecule has 0 saturated heterocycles. The van der Waals surface area contributed by atoms with Gasteiger partial charge in [0.2, 0.25) is 0 Å². The summed E-state index contributed by atoms with van der Waals surface area (Å²) in [5.74, 6) is 1.46. The van der Waals surface area contributed by atoms with Crippen LogP contribution < -0.4 is 0 Å². The lowest BCUT2D eigenvalue weighted by molar-refractivity contribution is -0.114. The minimum Gasteiger partial charge on any atom is -0.414 e. The van der Waals surface area contributed by atoms with Crippen LogP contribution >= 0.6 is 0 Å². The highest BCUT2D eigenvalue weighted by molar-refractivity contribution is 6.73. The number of carbonyl (C=O) groups excluding carboxylic acids is 1. The maximum Gasteiger partial charge on any atom is 0.192 e. The van der Waals surface area contributed by atoms with Crippen LogP contribution in [-0.2, 0) is 9.22 Å². The summed E-state index contributed by atoms with van der Waals surface area (Å²) in [6.45, 7) is 11.6. The van der Waals surface area contributed by atoms with Gasteiger partial charge in [-0.3, -0.25) is 0 Å². The van der Waals surface area contributed by atoms with Gasteiger partial charge in [0.1, 0.15) is 6.29 Å². The van der Waals surface area contributed by atoms with E-state index in [-0.39, 0.29) is 5.92 Å². The fraction of sp³-hybridized carbons (Fsp3) is 0.947. The van der Waals surface area contributed by atoms with Crippen molar-refractivity contribution in [2.45, 2.75) is 91.0 Å². The molecule has 2 saturated carbocycles. The van der Waals surface area contributed by atoms with E-state index in [1.165, 1.54) is 56.5 Å². The normalized spacial score (nSPS) is 36.9. The second kappa shape index (κ2) is 7.17. The Morgan fingerprint density at radius 2 is 1.82 bits per heavy atom. The number of aldehydes is 1. The van der Waals surface area contributed by atoms with E-state index in [1.807, 2.05) is 0 Å². The van der Waals surface area contributed by atoms with Crippen LogP contribution in [0, 0.1) is 23.2 Å². The van der Waals surface area contributed by atoms with Crippen molar-refractivity contribution < 1.29 is 9.22 Å². The lowest BCUT2D eigenvalue weighted by atomic mass is 9.62. The average Bonchev–Trinajstić information content (AvgIpc) is 2.90. The van der Waals surface area contributed by atoms with Crippen molar-refractivity contribution in [1.82, 2.24) is 0 Å². The van der Waals surface area contributed by atoms with Crippen LogP contribution in [0.2, 0.25) is 18.1 Å². The lowest BCUT2D eigenvalue weighted by Gasteiger charge is -2.48. The number of hydrogen-bond acceptors (Lipinski definition) is 2. The standard InChI is InChI=1S/C19H36O2Si/c1-6-22(7-2,8-3)21-18-10-9-13-19(5)16(15(4)14-20)11-12-17(18)19/h14-18H,6-13H2,1-5H3/t15-,16?,17?,18?,19-/m1/s1. The Morgan fingerprint density at radius 1 is 1.18 bits per heavy atom. The predicted molar refractivity (Wildman–Crippen MR) is 95.5 cm³/mol. The first-order valence-electron chi connectivity index (χ1n) is 9.59. The minimum absolute atomic E-state index is 0.208. The first-order chi connectivity index (χ1) is 10.5. The third-order valence-electron chi connectivity index (χ3n) is 7.32. The summed E-state index contributed by atoms with van der Waals surface area (Å²) in [6.07, 6.45) is 7.96. The van der Waals surface area contributed by atoms with Crippen molar-refractivity contribution in [3.05, 3.63) is 0 Å². The average molecular weight is 325 g/mol. The molecular formula is C19H36O2Si. The van der Waals surface area contributed by atoms with Gasteiger partial charge in [-0.1, -0.05) is 41.0 Å². The second-order valence-corrected chi connectivity index (χ2v) is 12.8.